The van der Waals surface area contributed by atoms with E-state index in [-0.39, 0.29) is 12.2 Å². The minimum atomic E-state index is -0.228. The molecule has 0 saturated carbocycles. The first-order valence-electron chi connectivity index (χ1n) is 17.0. The minimum Gasteiger partial charge on any atom is -0.392 e. The second-order valence-corrected chi connectivity index (χ2v) is 13.6. The van der Waals surface area contributed by atoms with E-state index >= 15 is 0 Å². The van der Waals surface area contributed by atoms with Crippen LogP contribution in [0.5, 0.6) is 0 Å². The fourth-order valence-corrected chi connectivity index (χ4v) is 7.91. The highest BCUT2D eigenvalue weighted by Gasteiger charge is 2.32. The standard InChI is InChI=1S/C38H43N7O2/c1-24-30(6-3-8-32(24)34-19-36-35(10-5-15-45(36)42-34)44-17-13-29(47)23-44)31-7-4-9-33(25(31)2)41-38-37-27(11-14-39-38)18-26(20-40-37)21-43-16-12-28(46)22-43/h3-4,6-9,11,14,18-20,28-29,35,46-47H,5,10,12-13,15-17,21-23H2,1-2H3,(H,39,41)/t28-,29-,35?/m1/s1. The number of benzene rings is 2. The Balaban J connectivity index is 1.07. The van der Waals surface area contributed by atoms with E-state index in [0.717, 1.165) is 103 Å². The molecule has 47 heavy (non-hydrogen) atoms. The molecule has 6 heterocycles. The number of fused-ring (bicyclic) bond motifs is 2. The average molecular weight is 630 g/mol. The van der Waals surface area contributed by atoms with Gasteiger partial charge < -0.3 is 15.5 Å². The molecule has 3 atom stereocenters. The van der Waals surface area contributed by atoms with Gasteiger partial charge in [-0.05, 0) is 91.6 Å². The number of aliphatic hydroxyl groups is 2. The smallest absolute Gasteiger partial charge is 0.156 e. The van der Waals surface area contributed by atoms with Gasteiger partial charge in [0.1, 0.15) is 5.52 Å². The molecule has 8 rings (SSSR count). The summed E-state index contributed by atoms with van der Waals surface area (Å²) in [5.41, 5.74) is 11.1. The van der Waals surface area contributed by atoms with Gasteiger partial charge in [0.25, 0.3) is 0 Å². The summed E-state index contributed by atoms with van der Waals surface area (Å²) >= 11 is 0. The molecule has 3 aromatic heterocycles. The average Bonchev–Trinajstić information content (AvgIpc) is 3.82. The Bertz CT molecular complexity index is 1940. The minimum absolute atomic E-state index is 0.220. The maximum Gasteiger partial charge on any atom is 0.156 e. The van der Waals surface area contributed by atoms with Crippen molar-refractivity contribution in [1.82, 2.24) is 29.5 Å². The van der Waals surface area contributed by atoms with E-state index in [1.165, 1.54) is 22.4 Å². The van der Waals surface area contributed by atoms with Crippen molar-refractivity contribution in [2.24, 2.45) is 0 Å². The summed E-state index contributed by atoms with van der Waals surface area (Å²) in [6.07, 6.45) is 7.22. The molecule has 3 aliphatic rings. The first kappa shape index (κ1) is 30.2. The fourth-order valence-electron chi connectivity index (χ4n) is 7.91. The number of aromatic nitrogens is 4. The summed E-state index contributed by atoms with van der Waals surface area (Å²) in [5, 5.41) is 29.9. The molecule has 2 saturated heterocycles. The molecular weight excluding hydrogens is 586 g/mol. The van der Waals surface area contributed by atoms with Crippen LogP contribution >= 0.6 is 0 Å². The number of likely N-dealkylation sites (tertiary alicyclic amines) is 2. The van der Waals surface area contributed by atoms with Gasteiger partial charge in [0.05, 0.1) is 29.6 Å². The Morgan fingerprint density at radius 3 is 2.43 bits per heavy atom. The number of pyridine rings is 2. The lowest BCUT2D eigenvalue weighted by Gasteiger charge is -2.31. The maximum atomic E-state index is 10.2. The zero-order chi connectivity index (χ0) is 32.1. The summed E-state index contributed by atoms with van der Waals surface area (Å²) in [7, 11) is 0. The molecule has 2 aromatic carbocycles. The van der Waals surface area contributed by atoms with Gasteiger partial charge in [0, 0.05) is 68.3 Å². The highest BCUT2D eigenvalue weighted by molar-refractivity contribution is 5.91. The van der Waals surface area contributed by atoms with Crippen molar-refractivity contribution in [1.29, 1.82) is 0 Å². The molecule has 242 valence electrons. The maximum absolute atomic E-state index is 10.2. The number of aryl methyl sites for hydroxylation is 1. The molecule has 0 radical (unpaired) electrons. The molecule has 3 aliphatic heterocycles. The van der Waals surface area contributed by atoms with E-state index < -0.39 is 0 Å². The van der Waals surface area contributed by atoms with Gasteiger partial charge in [-0.15, -0.1) is 0 Å². The van der Waals surface area contributed by atoms with E-state index in [1.807, 2.05) is 18.5 Å². The summed E-state index contributed by atoms with van der Waals surface area (Å²) in [6.45, 7) is 9.41. The number of β-amino-alcohol motifs (C(OH)–C–C–N with tert-alkyl or cyclic N) is 2. The first-order valence-corrected chi connectivity index (χ1v) is 17.0. The highest BCUT2D eigenvalue weighted by atomic mass is 16.3. The van der Waals surface area contributed by atoms with Gasteiger partial charge >= 0.3 is 0 Å². The molecule has 0 bridgehead atoms. The third-order valence-electron chi connectivity index (χ3n) is 10.4. The third-order valence-corrected chi connectivity index (χ3v) is 10.4. The molecule has 9 nitrogen and oxygen atoms in total. The van der Waals surface area contributed by atoms with Gasteiger partial charge in [-0.3, -0.25) is 19.5 Å². The SMILES string of the molecule is Cc1c(Nc2nccc3cc(CN4CC[C@@H](O)C4)cnc23)cccc1-c1cccc(-c2cc3n(n2)CCCC3N2CC[C@@H](O)C2)c1C. The lowest BCUT2D eigenvalue weighted by atomic mass is 9.91. The van der Waals surface area contributed by atoms with Crippen molar-refractivity contribution in [3.63, 3.8) is 0 Å². The van der Waals surface area contributed by atoms with Crippen molar-refractivity contribution in [2.45, 2.75) is 70.9 Å². The molecule has 0 amide bonds. The van der Waals surface area contributed by atoms with E-state index in [4.69, 9.17) is 10.1 Å². The predicted octanol–water partition coefficient (Wildman–Crippen LogP) is 5.99. The molecule has 5 aromatic rings. The normalized spacial score (nSPS) is 21.8. The van der Waals surface area contributed by atoms with Crippen molar-refractivity contribution in [3.05, 3.63) is 89.4 Å². The van der Waals surface area contributed by atoms with Gasteiger partial charge in [-0.1, -0.05) is 30.3 Å². The van der Waals surface area contributed by atoms with Crippen LogP contribution in [0.4, 0.5) is 11.5 Å². The van der Waals surface area contributed by atoms with Crippen molar-refractivity contribution in [3.8, 4) is 22.4 Å². The van der Waals surface area contributed by atoms with Crippen molar-refractivity contribution < 1.29 is 10.2 Å². The topological polar surface area (TPSA) is 103 Å². The van der Waals surface area contributed by atoms with Gasteiger partial charge in [-0.2, -0.15) is 5.10 Å². The summed E-state index contributed by atoms with van der Waals surface area (Å²) in [4.78, 5) is 14.2. The second kappa shape index (κ2) is 12.5. The van der Waals surface area contributed by atoms with Crippen LogP contribution in [0.1, 0.15) is 54.1 Å². The van der Waals surface area contributed by atoms with Crippen LogP contribution in [0.3, 0.4) is 0 Å². The van der Waals surface area contributed by atoms with Gasteiger partial charge in [0.2, 0.25) is 0 Å². The van der Waals surface area contributed by atoms with Crippen molar-refractivity contribution in [2.75, 3.05) is 31.5 Å². The molecule has 3 N–H and O–H groups in total. The Morgan fingerprint density at radius 1 is 0.830 bits per heavy atom. The summed E-state index contributed by atoms with van der Waals surface area (Å²) in [6, 6.07) is 19.7. The van der Waals surface area contributed by atoms with Crippen LogP contribution in [0.25, 0.3) is 33.3 Å². The van der Waals surface area contributed by atoms with Crippen LogP contribution < -0.4 is 5.32 Å². The number of hydrogen-bond acceptors (Lipinski definition) is 8. The first-order chi connectivity index (χ1) is 22.9. The lowest BCUT2D eigenvalue weighted by molar-refractivity contribution is 0.144. The van der Waals surface area contributed by atoms with Crippen LogP contribution in [0, 0.1) is 13.8 Å². The Kier molecular flexibility index (Phi) is 8.01. The van der Waals surface area contributed by atoms with E-state index in [1.54, 1.807) is 0 Å². The molecule has 0 spiro atoms. The molecule has 1 unspecified atom stereocenters. The Morgan fingerprint density at radius 2 is 1.62 bits per heavy atom. The fraction of sp³-hybridized carbons (Fsp3) is 0.395. The van der Waals surface area contributed by atoms with E-state index in [2.05, 4.69) is 87.2 Å². The number of hydrogen-bond donors (Lipinski definition) is 3. The third kappa shape index (κ3) is 5.82. The van der Waals surface area contributed by atoms with E-state index in [9.17, 15) is 10.2 Å². The number of anilines is 2. The number of aliphatic hydroxyl groups excluding tert-OH is 2. The quantitative estimate of drug-likeness (QED) is 0.202. The van der Waals surface area contributed by atoms with Gasteiger partial charge in [-0.25, -0.2) is 4.98 Å². The monoisotopic (exact) mass is 629 g/mol. The van der Waals surface area contributed by atoms with Crippen LogP contribution in [-0.4, -0.2) is 78.1 Å². The zero-order valence-electron chi connectivity index (χ0n) is 27.2. The zero-order valence-corrected chi connectivity index (χ0v) is 27.2. The Labute approximate surface area is 275 Å². The number of nitrogens with zero attached hydrogens (tertiary/aromatic N) is 6. The Hall–Kier alpha value is -4.15. The molecule has 9 heteroatoms. The highest BCUT2D eigenvalue weighted by Crippen LogP contribution is 2.39. The van der Waals surface area contributed by atoms with E-state index in [0.29, 0.717) is 12.6 Å². The number of nitrogens with one attached hydrogen (secondary N) is 1. The molecular formula is C38H43N7O2. The van der Waals surface area contributed by atoms with Gasteiger partial charge in [0.15, 0.2) is 5.82 Å². The van der Waals surface area contributed by atoms with Crippen LogP contribution in [-0.2, 0) is 13.1 Å². The second-order valence-electron chi connectivity index (χ2n) is 13.6. The summed E-state index contributed by atoms with van der Waals surface area (Å²) < 4.78 is 2.20. The van der Waals surface area contributed by atoms with Crippen molar-refractivity contribution >= 4 is 22.4 Å². The predicted molar refractivity (Wildman–Crippen MR) is 185 cm³/mol. The number of rotatable bonds is 7. The van der Waals surface area contributed by atoms with Crippen LogP contribution in [0.2, 0.25) is 0 Å². The summed E-state index contributed by atoms with van der Waals surface area (Å²) in [5.74, 6) is 0.736. The lowest BCUT2D eigenvalue weighted by Crippen LogP contribution is -2.32. The largest absolute Gasteiger partial charge is 0.392 e. The molecule has 2 fully saturated rings. The molecule has 0 aliphatic carbocycles. The van der Waals surface area contributed by atoms with Crippen LogP contribution in [0.15, 0.2) is 67.0 Å².